The summed E-state index contributed by atoms with van der Waals surface area (Å²) in [5.41, 5.74) is 7.12. The first kappa shape index (κ1) is 13.2. The average molecular weight is 235 g/mol. The largest absolute Gasteiger partial charge is 0.441 e. The number of para-hydroxylation sites is 2. The van der Waals surface area contributed by atoms with E-state index < -0.39 is 0 Å². The van der Waals surface area contributed by atoms with E-state index in [1.807, 2.05) is 24.3 Å². The molecule has 0 fully saturated rings. The van der Waals surface area contributed by atoms with Gasteiger partial charge in [0.15, 0.2) is 11.5 Å². The topological polar surface area (TPSA) is 52.0 Å². The lowest BCUT2D eigenvalue weighted by atomic mass is 10.3. The van der Waals surface area contributed by atoms with Crippen molar-refractivity contribution in [2.75, 3.05) is 6.54 Å². The number of oxazole rings is 1. The van der Waals surface area contributed by atoms with Crippen LogP contribution in [0.1, 0.15) is 5.89 Å². The number of fused-ring (bicyclic) bond motifs is 1. The number of hydrogen-bond donors (Lipinski definition) is 1. The first-order chi connectivity index (χ1) is 5.90. The van der Waals surface area contributed by atoms with E-state index in [-0.39, 0.29) is 24.8 Å². The molecule has 0 aliphatic carbocycles. The van der Waals surface area contributed by atoms with Gasteiger partial charge in [-0.05, 0) is 12.1 Å². The zero-order valence-electron chi connectivity index (χ0n) is 7.47. The van der Waals surface area contributed by atoms with Crippen LogP contribution < -0.4 is 5.73 Å². The van der Waals surface area contributed by atoms with E-state index in [2.05, 4.69) is 4.98 Å². The van der Waals surface area contributed by atoms with Gasteiger partial charge in [0.1, 0.15) is 5.52 Å². The van der Waals surface area contributed by atoms with Crippen molar-refractivity contribution in [2.24, 2.45) is 5.73 Å². The van der Waals surface area contributed by atoms with Crippen LogP contribution in [0.3, 0.4) is 0 Å². The Morgan fingerprint density at radius 1 is 1.21 bits per heavy atom. The van der Waals surface area contributed by atoms with Gasteiger partial charge in [-0.15, -0.1) is 24.8 Å². The fraction of sp³-hybridized carbons (Fsp3) is 0.222. The lowest BCUT2D eigenvalue weighted by molar-refractivity contribution is 0.531. The Labute approximate surface area is 94.5 Å². The van der Waals surface area contributed by atoms with Crippen molar-refractivity contribution in [1.29, 1.82) is 0 Å². The molecule has 0 aliphatic heterocycles. The van der Waals surface area contributed by atoms with E-state index in [0.29, 0.717) is 13.0 Å². The van der Waals surface area contributed by atoms with E-state index in [0.717, 1.165) is 17.0 Å². The van der Waals surface area contributed by atoms with Gasteiger partial charge in [-0.1, -0.05) is 12.1 Å². The van der Waals surface area contributed by atoms with Crippen LogP contribution in [0, 0.1) is 0 Å². The van der Waals surface area contributed by atoms with Gasteiger partial charge in [-0.2, -0.15) is 0 Å². The zero-order valence-corrected chi connectivity index (χ0v) is 9.11. The molecule has 3 nitrogen and oxygen atoms in total. The Hall–Kier alpha value is -0.770. The number of benzene rings is 1. The number of halogens is 2. The maximum absolute atomic E-state index is 5.42. The van der Waals surface area contributed by atoms with E-state index in [1.165, 1.54) is 0 Å². The number of nitrogens with two attached hydrogens (primary N) is 1. The molecule has 0 saturated carbocycles. The maximum atomic E-state index is 5.42. The molecular formula is C9H12Cl2N2O. The highest BCUT2D eigenvalue weighted by molar-refractivity contribution is 5.85. The monoisotopic (exact) mass is 234 g/mol. The predicted octanol–water partition coefficient (Wildman–Crippen LogP) is 2.17. The lowest BCUT2D eigenvalue weighted by Crippen LogP contribution is -2.02. The second-order valence-electron chi connectivity index (χ2n) is 2.61. The minimum Gasteiger partial charge on any atom is -0.441 e. The van der Waals surface area contributed by atoms with Crippen LogP contribution in [0.4, 0.5) is 0 Å². The van der Waals surface area contributed by atoms with E-state index in [9.17, 15) is 0 Å². The summed E-state index contributed by atoms with van der Waals surface area (Å²) < 4.78 is 5.42. The minimum absolute atomic E-state index is 0. The number of nitrogens with zero attached hydrogens (tertiary/aromatic N) is 1. The quantitative estimate of drug-likeness (QED) is 0.867. The van der Waals surface area contributed by atoms with Crippen molar-refractivity contribution >= 4 is 35.9 Å². The van der Waals surface area contributed by atoms with Crippen LogP contribution in [0.2, 0.25) is 0 Å². The number of aromatic nitrogens is 1. The van der Waals surface area contributed by atoms with Crippen LogP contribution in [-0.2, 0) is 6.42 Å². The molecule has 1 aromatic heterocycles. The molecule has 2 aromatic rings. The highest BCUT2D eigenvalue weighted by atomic mass is 35.5. The van der Waals surface area contributed by atoms with Crippen LogP contribution in [0.5, 0.6) is 0 Å². The molecule has 0 aliphatic rings. The first-order valence-corrected chi connectivity index (χ1v) is 3.94. The van der Waals surface area contributed by atoms with E-state index in [4.69, 9.17) is 10.2 Å². The fourth-order valence-electron chi connectivity index (χ4n) is 1.15. The molecule has 0 atom stereocenters. The Balaban J connectivity index is 0.000000845. The Morgan fingerprint density at radius 2 is 1.93 bits per heavy atom. The van der Waals surface area contributed by atoms with E-state index in [1.54, 1.807) is 0 Å². The summed E-state index contributed by atoms with van der Waals surface area (Å²) in [5.74, 6) is 0.721. The van der Waals surface area contributed by atoms with Gasteiger partial charge in [-0.25, -0.2) is 4.98 Å². The van der Waals surface area contributed by atoms with Crippen molar-refractivity contribution < 1.29 is 4.42 Å². The molecule has 1 aromatic carbocycles. The minimum atomic E-state index is 0. The summed E-state index contributed by atoms with van der Waals surface area (Å²) in [6.07, 6.45) is 0.703. The zero-order chi connectivity index (χ0) is 8.39. The average Bonchev–Trinajstić information content (AvgIpc) is 2.47. The smallest absolute Gasteiger partial charge is 0.196 e. The molecule has 0 saturated heterocycles. The molecule has 0 radical (unpaired) electrons. The van der Waals surface area contributed by atoms with Gasteiger partial charge in [0.25, 0.3) is 0 Å². The van der Waals surface area contributed by atoms with Crippen molar-refractivity contribution in [2.45, 2.75) is 6.42 Å². The highest BCUT2D eigenvalue weighted by Gasteiger charge is 2.02. The highest BCUT2D eigenvalue weighted by Crippen LogP contribution is 2.14. The van der Waals surface area contributed by atoms with E-state index >= 15 is 0 Å². The maximum Gasteiger partial charge on any atom is 0.196 e. The number of rotatable bonds is 2. The molecule has 2 N–H and O–H groups in total. The predicted molar refractivity (Wildman–Crippen MR) is 61.3 cm³/mol. The van der Waals surface area contributed by atoms with Gasteiger partial charge < -0.3 is 10.2 Å². The van der Waals surface area contributed by atoms with Crippen LogP contribution in [0.25, 0.3) is 11.1 Å². The Bertz CT molecular complexity index is 356. The second kappa shape index (κ2) is 5.86. The summed E-state index contributed by atoms with van der Waals surface area (Å²) in [7, 11) is 0. The normalized spacial score (nSPS) is 9.21. The molecule has 0 amide bonds. The molecule has 5 heteroatoms. The Morgan fingerprint density at radius 3 is 2.57 bits per heavy atom. The summed E-state index contributed by atoms with van der Waals surface area (Å²) >= 11 is 0. The van der Waals surface area contributed by atoms with Gasteiger partial charge in [0, 0.05) is 13.0 Å². The lowest BCUT2D eigenvalue weighted by Gasteiger charge is -1.85. The molecule has 0 spiro atoms. The molecular weight excluding hydrogens is 223 g/mol. The summed E-state index contributed by atoms with van der Waals surface area (Å²) in [5, 5.41) is 0. The standard InChI is InChI=1S/C9H10N2O.2ClH/c10-6-5-9-11-7-3-1-2-4-8(7)12-9;;/h1-4H,5-6,10H2;2*1H. The van der Waals surface area contributed by atoms with Crippen molar-refractivity contribution in [3.05, 3.63) is 30.2 Å². The molecule has 14 heavy (non-hydrogen) atoms. The molecule has 2 rings (SSSR count). The van der Waals surface area contributed by atoms with Crippen LogP contribution in [0.15, 0.2) is 28.7 Å². The summed E-state index contributed by atoms with van der Waals surface area (Å²) in [6, 6.07) is 7.71. The third-order valence-electron chi connectivity index (χ3n) is 1.70. The van der Waals surface area contributed by atoms with Crippen LogP contribution >= 0.6 is 24.8 Å². The van der Waals surface area contributed by atoms with Gasteiger partial charge in [-0.3, -0.25) is 0 Å². The van der Waals surface area contributed by atoms with Gasteiger partial charge in [0.05, 0.1) is 0 Å². The number of hydrogen-bond acceptors (Lipinski definition) is 3. The third kappa shape index (κ3) is 2.61. The fourth-order valence-corrected chi connectivity index (χ4v) is 1.15. The van der Waals surface area contributed by atoms with Gasteiger partial charge in [0.2, 0.25) is 0 Å². The summed E-state index contributed by atoms with van der Waals surface area (Å²) in [6.45, 7) is 0.576. The van der Waals surface area contributed by atoms with Crippen LogP contribution in [-0.4, -0.2) is 11.5 Å². The molecule has 0 unspecified atom stereocenters. The van der Waals surface area contributed by atoms with Crippen molar-refractivity contribution in [3.8, 4) is 0 Å². The Kier molecular flexibility index (Phi) is 5.53. The summed E-state index contributed by atoms with van der Waals surface area (Å²) in [4.78, 5) is 4.26. The molecule has 78 valence electrons. The van der Waals surface area contributed by atoms with Crippen molar-refractivity contribution in [3.63, 3.8) is 0 Å². The molecule has 1 heterocycles. The SMILES string of the molecule is Cl.Cl.NCCc1nc2ccccc2o1. The first-order valence-electron chi connectivity index (χ1n) is 3.94. The van der Waals surface area contributed by atoms with Crippen molar-refractivity contribution in [1.82, 2.24) is 4.98 Å². The second-order valence-corrected chi connectivity index (χ2v) is 2.61. The van der Waals surface area contributed by atoms with Gasteiger partial charge >= 0.3 is 0 Å². The third-order valence-corrected chi connectivity index (χ3v) is 1.70. The molecule has 0 bridgehead atoms.